The number of sulfonamides is 1. The summed E-state index contributed by atoms with van der Waals surface area (Å²) in [5, 5.41) is 3.75. The molecule has 2 aromatic carbocycles. The largest absolute Gasteiger partial charge is 0.324 e. The molecule has 32 heavy (non-hydrogen) atoms. The third-order valence-corrected chi connectivity index (χ3v) is 7.70. The molecule has 1 heterocycles. The second-order valence-electron chi connectivity index (χ2n) is 7.58. The van der Waals surface area contributed by atoms with Crippen LogP contribution in [0.3, 0.4) is 0 Å². The molecule has 1 aromatic heterocycles. The number of benzene rings is 2. The van der Waals surface area contributed by atoms with Crippen LogP contribution < -0.4 is 10.9 Å². The number of hydrogen-bond donors (Lipinski definition) is 1. The number of aromatic nitrogens is 1. The first-order chi connectivity index (χ1) is 15.2. The van der Waals surface area contributed by atoms with E-state index in [0.717, 1.165) is 10.9 Å². The number of nitrogens with one attached hydrogen (secondary N) is 1. The van der Waals surface area contributed by atoms with Gasteiger partial charge in [-0.05, 0) is 49.2 Å². The predicted molar refractivity (Wildman–Crippen MR) is 127 cm³/mol. The molecule has 170 valence electrons. The first-order valence-electron chi connectivity index (χ1n) is 10.8. The van der Waals surface area contributed by atoms with Crippen LogP contribution in [0.5, 0.6) is 0 Å². The van der Waals surface area contributed by atoms with Gasteiger partial charge in [0.15, 0.2) is 0 Å². The smallest absolute Gasteiger partial charge is 0.252 e. The summed E-state index contributed by atoms with van der Waals surface area (Å²) in [5.74, 6) is -0.331. The molecule has 1 atom stereocenters. The van der Waals surface area contributed by atoms with Crippen molar-refractivity contribution in [1.29, 1.82) is 0 Å². The Hall–Kier alpha value is -2.97. The normalized spacial score (nSPS) is 12.8. The van der Waals surface area contributed by atoms with Crippen molar-refractivity contribution in [2.24, 2.45) is 0 Å². The highest BCUT2D eigenvalue weighted by molar-refractivity contribution is 7.89. The molecule has 8 heteroatoms. The molecule has 0 aliphatic carbocycles. The molecule has 7 nitrogen and oxygen atoms in total. The van der Waals surface area contributed by atoms with Gasteiger partial charge in [0.25, 0.3) is 5.56 Å². The van der Waals surface area contributed by atoms with E-state index in [1.54, 1.807) is 32.0 Å². The second kappa shape index (κ2) is 9.67. The van der Waals surface area contributed by atoms with E-state index in [9.17, 15) is 18.0 Å². The third kappa shape index (κ3) is 4.47. The van der Waals surface area contributed by atoms with Crippen LogP contribution in [-0.2, 0) is 14.8 Å². The summed E-state index contributed by atoms with van der Waals surface area (Å²) in [4.78, 5) is 26.1. The van der Waals surface area contributed by atoms with E-state index in [0.29, 0.717) is 30.7 Å². The summed E-state index contributed by atoms with van der Waals surface area (Å²) in [7, 11) is -3.57. The highest BCUT2D eigenvalue weighted by Gasteiger charge is 2.24. The molecule has 1 amide bonds. The van der Waals surface area contributed by atoms with Gasteiger partial charge in [0, 0.05) is 30.2 Å². The molecule has 0 saturated heterocycles. The van der Waals surface area contributed by atoms with Crippen LogP contribution in [-0.4, -0.2) is 36.3 Å². The highest BCUT2D eigenvalue weighted by Crippen LogP contribution is 2.23. The van der Waals surface area contributed by atoms with Gasteiger partial charge in [-0.3, -0.25) is 14.2 Å². The molecule has 1 unspecified atom stereocenters. The van der Waals surface area contributed by atoms with Crippen molar-refractivity contribution in [2.45, 2.75) is 45.1 Å². The number of carbonyl (C=O) groups is 1. The van der Waals surface area contributed by atoms with E-state index in [1.807, 2.05) is 38.1 Å². The number of anilines is 1. The highest BCUT2D eigenvalue weighted by atomic mass is 32.2. The van der Waals surface area contributed by atoms with Crippen molar-refractivity contribution in [2.75, 3.05) is 18.4 Å². The number of carbonyl (C=O) groups excluding carboxylic acids is 1. The van der Waals surface area contributed by atoms with Crippen molar-refractivity contribution >= 4 is 32.5 Å². The lowest BCUT2D eigenvalue weighted by Gasteiger charge is -2.21. The van der Waals surface area contributed by atoms with Gasteiger partial charge in [0.05, 0.1) is 10.4 Å². The molecule has 0 radical (unpaired) electrons. The van der Waals surface area contributed by atoms with Crippen LogP contribution in [0.15, 0.2) is 64.3 Å². The lowest BCUT2D eigenvalue weighted by Crippen LogP contribution is -2.33. The van der Waals surface area contributed by atoms with Crippen molar-refractivity contribution < 1.29 is 13.2 Å². The number of aryl methyl sites for hydroxylation is 1. The molecular formula is C24H29N3O4S. The summed E-state index contributed by atoms with van der Waals surface area (Å²) in [6.45, 7) is 8.08. The third-order valence-electron chi connectivity index (χ3n) is 5.63. The van der Waals surface area contributed by atoms with Crippen LogP contribution in [0.4, 0.5) is 5.69 Å². The van der Waals surface area contributed by atoms with Gasteiger partial charge in [-0.25, -0.2) is 8.42 Å². The lowest BCUT2D eigenvalue weighted by atomic mass is 10.1. The molecule has 0 spiro atoms. The van der Waals surface area contributed by atoms with Crippen molar-refractivity contribution in [1.82, 2.24) is 8.87 Å². The van der Waals surface area contributed by atoms with E-state index in [4.69, 9.17) is 0 Å². The number of fused-ring (bicyclic) bond motifs is 1. The summed E-state index contributed by atoms with van der Waals surface area (Å²) in [6.07, 6.45) is 0.424. The van der Waals surface area contributed by atoms with Crippen LogP contribution in [0.1, 0.15) is 38.8 Å². The van der Waals surface area contributed by atoms with Gasteiger partial charge in [-0.2, -0.15) is 4.31 Å². The minimum atomic E-state index is -3.57. The summed E-state index contributed by atoms with van der Waals surface area (Å²) in [6, 6.07) is 14.5. The zero-order valence-electron chi connectivity index (χ0n) is 18.8. The lowest BCUT2D eigenvalue weighted by molar-refractivity contribution is -0.119. The number of pyridine rings is 1. The zero-order chi connectivity index (χ0) is 23.5. The molecule has 1 N–H and O–H groups in total. The SMILES string of the molecule is CCC(C(=O)Nc1ccc(S(=O)(=O)N(CC)CC)cc1)n1c(=O)cc(C)c2ccccc21. The molecule has 3 aromatic rings. The van der Waals surface area contributed by atoms with Crippen LogP contribution >= 0.6 is 0 Å². The van der Waals surface area contributed by atoms with E-state index >= 15 is 0 Å². The Balaban J connectivity index is 1.90. The van der Waals surface area contributed by atoms with Crippen molar-refractivity contribution in [3.05, 3.63) is 70.5 Å². The summed E-state index contributed by atoms with van der Waals surface area (Å²) >= 11 is 0. The standard InChI is InChI=1S/C24H29N3O4S/c1-5-21(27-22-11-9-8-10-20(22)17(4)16-23(27)28)24(29)25-18-12-14-19(15-13-18)32(30,31)26(6-2)7-3/h8-16,21H,5-7H2,1-4H3,(H,25,29). The fourth-order valence-corrected chi connectivity index (χ4v) is 5.38. The molecular weight excluding hydrogens is 426 g/mol. The maximum atomic E-state index is 13.1. The fraction of sp³-hybridized carbons (Fsp3) is 0.333. The Labute approximate surface area is 188 Å². The monoisotopic (exact) mass is 455 g/mol. The fourth-order valence-electron chi connectivity index (χ4n) is 3.92. The molecule has 0 aliphatic heterocycles. The number of para-hydroxylation sites is 1. The van der Waals surface area contributed by atoms with Gasteiger partial charge in [-0.1, -0.05) is 39.0 Å². The van der Waals surface area contributed by atoms with E-state index in [1.165, 1.54) is 21.0 Å². The van der Waals surface area contributed by atoms with Gasteiger partial charge >= 0.3 is 0 Å². The summed E-state index contributed by atoms with van der Waals surface area (Å²) < 4.78 is 28.2. The summed E-state index contributed by atoms with van der Waals surface area (Å²) in [5.41, 5.74) is 1.81. The molecule has 0 aliphatic rings. The average Bonchev–Trinajstić information content (AvgIpc) is 2.77. The number of rotatable bonds is 8. The van der Waals surface area contributed by atoms with Gasteiger partial charge in [-0.15, -0.1) is 0 Å². The average molecular weight is 456 g/mol. The van der Waals surface area contributed by atoms with Crippen LogP contribution in [0.25, 0.3) is 10.9 Å². The number of hydrogen-bond acceptors (Lipinski definition) is 4. The maximum absolute atomic E-state index is 13.1. The molecule has 0 bridgehead atoms. The number of nitrogens with zero attached hydrogens (tertiary/aromatic N) is 2. The second-order valence-corrected chi connectivity index (χ2v) is 9.52. The Morgan fingerprint density at radius 1 is 1.03 bits per heavy atom. The predicted octanol–water partition coefficient (Wildman–Crippen LogP) is 3.93. The minimum absolute atomic E-state index is 0.173. The van der Waals surface area contributed by atoms with Crippen LogP contribution in [0, 0.1) is 6.92 Å². The van der Waals surface area contributed by atoms with Crippen molar-refractivity contribution in [3.63, 3.8) is 0 Å². The molecule has 0 fully saturated rings. The maximum Gasteiger partial charge on any atom is 0.252 e. The molecule has 0 saturated carbocycles. The number of amides is 1. The van der Waals surface area contributed by atoms with Crippen LogP contribution in [0.2, 0.25) is 0 Å². The topological polar surface area (TPSA) is 88.5 Å². The first-order valence-corrected chi connectivity index (χ1v) is 12.2. The van der Waals surface area contributed by atoms with Gasteiger partial charge < -0.3 is 5.32 Å². The zero-order valence-corrected chi connectivity index (χ0v) is 19.6. The van der Waals surface area contributed by atoms with Crippen molar-refractivity contribution in [3.8, 4) is 0 Å². The Kier molecular flexibility index (Phi) is 7.16. The Bertz CT molecular complexity index is 1280. The van der Waals surface area contributed by atoms with E-state index in [2.05, 4.69) is 5.32 Å². The van der Waals surface area contributed by atoms with E-state index < -0.39 is 16.1 Å². The Morgan fingerprint density at radius 2 is 1.66 bits per heavy atom. The quantitative estimate of drug-likeness (QED) is 0.557. The van der Waals surface area contributed by atoms with E-state index in [-0.39, 0.29) is 16.4 Å². The minimum Gasteiger partial charge on any atom is -0.324 e. The van der Waals surface area contributed by atoms with Gasteiger partial charge in [0.2, 0.25) is 15.9 Å². The first kappa shape index (κ1) is 23.7. The Morgan fingerprint density at radius 3 is 2.25 bits per heavy atom. The molecule has 3 rings (SSSR count). The van der Waals surface area contributed by atoms with Gasteiger partial charge in [0.1, 0.15) is 6.04 Å².